The molecule has 2 aromatic carbocycles. The van der Waals surface area contributed by atoms with Crippen molar-refractivity contribution < 1.29 is 0 Å². The quantitative estimate of drug-likeness (QED) is 0.352. The van der Waals surface area contributed by atoms with Gasteiger partial charge in [-0.1, -0.05) is 66.7 Å². The molecule has 0 N–H and O–H groups in total. The molecule has 0 bridgehead atoms. The molecular formula is C27H18N4. The van der Waals surface area contributed by atoms with Gasteiger partial charge < -0.3 is 0 Å². The van der Waals surface area contributed by atoms with Crippen LogP contribution in [0.25, 0.3) is 50.2 Å². The van der Waals surface area contributed by atoms with E-state index in [1.807, 2.05) is 53.2 Å². The van der Waals surface area contributed by atoms with Crippen LogP contribution >= 0.6 is 0 Å². The van der Waals surface area contributed by atoms with E-state index in [0.29, 0.717) is 0 Å². The Hall–Kier alpha value is -4.31. The number of aromatic nitrogens is 4. The monoisotopic (exact) mass is 398 g/mol. The minimum absolute atomic E-state index is 0.827. The second-order valence-corrected chi connectivity index (χ2v) is 7.40. The number of nitrogens with zero attached hydrogens (tertiary/aromatic N) is 4. The van der Waals surface area contributed by atoms with Crippen molar-refractivity contribution in [2.45, 2.75) is 0 Å². The van der Waals surface area contributed by atoms with Crippen LogP contribution in [0.1, 0.15) is 0 Å². The van der Waals surface area contributed by atoms with E-state index in [0.717, 1.165) is 44.8 Å². The summed E-state index contributed by atoms with van der Waals surface area (Å²) in [6, 6.07) is 32.9. The first-order valence-electron chi connectivity index (χ1n) is 10.2. The van der Waals surface area contributed by atoms with Gasteiger partial charge in [-0.2, -0.15) is 5.10 Å². The van der Waals surface area contributed by atoms with Crippen molar-refractivity contribution in [1.82, 2.24) is 19.6 Å². The van der Waals surface area contributed by atoms with Crippen LogP contribution in [0.5, 0.6) is 0 Å². The maximum absolute atomic E-state index is 5.10. The van der Waals surface area contributed by atoms with Crippen LogP contribution < -0.4 is 0 Å². The highest BCUT2D eigenvalue weighted by molar-refractivity contribution is 6.07. The number of hydrogen-bond acceptors (Lipinski definition) is 3. The molecule has 6 aromatic rings. The van der Waals surface area contributed by atoms with Crippen LogP contribution in [-0.2, 0) is 0 Å². The summed E-state index contributed by atoms with van der Waals surface area (Å²) < 4.78 is 2.05. The third kappa shape index (κ3) is 2.89. The zero-order valence-electron chi connectivity index (χ0n) is 16.7. The van der Waals surface area contributed by atoms with Gasteiger partial charge in [0.15, 0.2) is 0 Å². The Morgan fingerprint density at radius 2 is 1.29 bits per heavy atom. The standard InChI is InChI=1S/C27H18N4/c1-2-10-19(11-3-1)24-18-20-12-4-5-13-21(20)27-25(22-14-6-8-16-28-22)26(30-31(24)27)23-15-7-9-17-29-23/h1-18H. The summed E-state index contributed by atoms with van der Waals surface area (Å²) in [7, 11) is 0. The van der Waals surface area contributed by atoms with Gasteiger partial charge in [-0.3, -0.25) is 9.97 Å². The van der Waals surface area contributed by atoms with E-state index in [2.05, 4.69) is 64.6 Å². The molecule has 0 saturated carbocycles. The number of rotatable bonds is 3. The molecule has 4 nitrogen and oxygen atoms in total. The van der Waals surface area contributed by atoms with Crippen molar-refractivity contribution in [2.24, 2.45) is 0 Å². The van der Waals surface area contributed by atoms with Gasteiger partial charge in [-0.15, -0.1) is 0 Å². The average molecular weight is 398 g/mol. The summed E-state index contributed by atoms with van der Waals surface area (Å²) in [5, 5.41) is 7.40. The lowest BCUT2D eigenvalue weighted by molar-refractivity contribution is 0.975. The number of pyridine rings is 3. The molecule has 0 radical (unpaired) electrons. The topological polar surface area (TPSA) is 43.1 Å². The van der Waals surface area contributed by atoms with Crippen LogP contribution in [-0.4, -0.2) is 19.6 Å². The van der Waals surface area contributed by atoms with E-state index < -0.39 is 0 Å². The summed E-state index contributed by atoms with van der Waals surface area (Å²) >= 11 is 0. The van der Waals surface area contributed by atoms with E-state index >= 15 is 0 Å². The van der Waals surface area contributed by atoms with Gasteiger partial charge in [0.2, 0.25) is 0 Å². The molecule has 0 spiro atoms. The summed E-state index contributed by atoms with van der Waals surface area (Å²) in [6.07, 6.45) is 3.63. The number of benzene rings is 2. The highest BCUT2D eigenvalue weighted by Crippen LogP contribution is 2.39. The normalized spacial score (nSPS) is 11.2. The van der Waals surface area contributed by atoms with Gasteiger partial charge in [-0.05, 0) is 35.7 Å². The van der Waals surface area contributed by atoms with Gasteiger partial charge in [-0.25, -0.2) is 4.52 Å². The van der Waals surface area contributed by atoms with Crippen LogP contribution in [0.15, 0.2) is 109 Å². The Labute approximate surface area is 179 Å². The Morgan fingerprint density at radius 3 is 2.03 bits per heavy atom. The van der Waals surface area contributed by atoms with Crippen LogP contribution in [0.4, 0.5) is 0 Å². The van der Waals surface area contributed by atoms with Crippen LogP contribution in [0.3, 0.4) is 0 Å². The first kappa shape index (κ1) is 17.5. The minimum Gasteiger partial charge on any atom is -0.256 e. The average Bonchev–Trinajstić information content (AvgIpc) is 3.26. The van der Waals surface area contributed by atoms with Gasteiger partial charge in [0.1, 0.15) is 5.69 Å². The predicted octanol–water partition coefficient (Wildman–Crippen LogP) is 6.28. The fourth-order valence-corrected chi connectivity index (χ4v) is 4.14. The molecule has 0 amide bonds. The zero-order chi connectivity index (χ0) is 20.6. The lowest BCUT2D eigenvalue weighted by atomic mass is 10.0. The molecule has 0 fully saturated rings. The number of hydrogen-bond donors (Lipinski definition) is 0. The third-order valence-corrected chi connectivity index (χ3v) is 5.52. The van der Waals surface area contributed by atoms with Gasteiger partial charge in [0.05, 0.1) is 28.2 Å². The van der Waals surface area contributed by atoms with E-state index in [1.165, 1.54) is 5.39 Å². The molecule has 6 rings (SSSR count). The van der Waals surface area contributed by atoms with Crippen molar-refractivity contribution in [2.75, 3.05) is 0 Å². The van der Waals surface area contributed by atoms with Gasteiger partial charge in [0, 0.05) is 23.3 Å². The fourth-order valence-electron chi connectivity index (χ4n) is 4.14. The third-order valence-electron chi connectivity index (χ3n) is 5.52. The molecule has 31 heavy (non-hydrogen) atoms. The largest absolute Gasteiger partial charge is 0.256 e. The van der Waals surface area contributed by atoms with Crippen LogP contribution in [0, 0.1) is 0 Å². The summed E-state index contributed by atoms with van der Waals surface area (Å²) in [6.45, 7) is 0. The molecule has 0 saturated heterocycles. The molecular weight excluding hydrogens is 380 g/mol. The van der Waals surface area contributed by atoms with Crippen LogP contribution in [0.2, 0.25) is 0 Å². The van der Waals surface area contributed by atoms with E-state index in [4.69, 9.17) is 5.10 Å². The molecule has 4 heteroatoms. The lowest BCUT2D eigenvalue weighted by Crippen LogP contribution is -1.95. The number of fused-ring (bicyclic) bond motifs is 3. The smallest absolute Gasteiger partial charge is 0.121 e. The lowest BCUT2D eigenvalue weighted by Gasteiger charge is -2.10. The fraction of sp³-hybridized carbons (Fsp3) is 0. The SMILES string of the molecule is c1ccc(-c2cc3ccccc3c3c(-c4ccccn4)c(-c4ccccn4)nn23)cc1. The summed E-state index contributed by atoms with van der Waals surface area (Å²) in [5.41, 5.74) is 6.72. The summed E-state index contributed by atoms with van der Waals surface area (Å²) in [4.78, 5) is 9.29. The molecule has 146 valence electrons. The second kappa shape index (κ2) is 7.18. The van der Waals surface area contributed by atoms with Crippen molar-refractivity contribution in [3.8, 4) is 33.9 Å². The van der Waals surface area contributed by atoms with E-state index in [9.17, 15) is 0 Å². The Bertz CT molecular complexity index is 1510. The van der Waals surface area contributed by atoms with E-state index in [-0.39, 0.29) is 0 Å². The van der Waals surface area contributed by atoms with Crippen molar-refractivity contribution >= 4 is 16.3 Å². The molecule has 0 unspecified atom stereocenters. The van der Waals surface area contributed by atoms with Crippen molar-refractivity contribution in [1.29, 1.82) is 0 Å². The Balaban J connectivity index is 1.83. The van der Waals surface area contributed by atoms with Crippen molar-refractivity contribution in [3.63, 3.8) is 0 Å². The first-order chi connectivity index (χ1) is 15.4. The maximum Gasteiger partial charge on any atom is 0.121 e. The first-order valence-corrected chi connectivity index (χ1v) is 10.2. The van der Waals surface area contributed by atoms with Crippen molar-refractivity contribution in [3.05, 3.63) is 109 Å². The molecule has 0 aliphatic rings. The maximum atomic E-state index is 5.10. The Morgan fingerprint density at radius 1 is 0.613 bits per heavy atom. The minimum atomic E-state index is 0.827. The second-order valence-electron chi connectivity index (χ2n) is 7.40. The Kier molecular flexibility index (Phi) is 4.06. The molecule has 0 aliphatic carbocycles. The summed E-state index contributed by atoms with van der Waals surface area (Å²) in [5.74, 6) is 0. The highest BCUT2D eigenvalue weighted by Gasteiger charge is 2.22. The molecule has 0 aliphatic heterocycles. The zero-order valence-corrected chi connectivity index (χ0v) is 16.7. The predicted molar refractivity (Wildman–Crippen MR) is 125 cm³/mol. The molecule has 0 atom stereocenters. The van der Waals surface area contributed by atoms with Gasteiger partial charge in [0.25, 0.3) is 0 Å². The molecule has 4 heterocycles. The molecule has 4 aromatic heterocycles. The van der Waals surface area contributed by atoms with Gasteiger partial charge >= 0.3 is 0 Å². The van der Waals surface area contributed by atoms with E-state index in [1.54, 1.807) is 6.20 Å². The highest BCUT2D eigenvalue weighted by atomic mass is 15.2.